The van der Waals surface area contributed by atoms with Gasteiger partial charge < -0.3 is 4.57 Å². The maximum absolute atomic E-state index is 13.1. The Balaban J connectivity index is 1.75. The van der Waals surface area contributed by atoms with E-state index in [2.05, 4.69) is 9.55 Å². The average Bonchev–Trinajstić information content (AvgIpc) is 3.30. The molecule has 0 radical (unpaired) electrons. The molecule has 0 unspecified atom stereocenters. The summed E-state index contributed by atoms with van der Waals surface area (Å²) in [6.45, 7) is 2.02. The van der Waals surface area contributed by atoms with E-state index in [1.807, 2.05) is 24.8 Å². The predicted molar refractivity (Wildman–Crippen MR) is 112 cm³/mol. The third-order valence-electron chi connectivity index (χ3n) is 5.36. The number of nitrogens with zero attached hydrogens (tertiary/aromatic N) is 4. The van der Waals surface area contributed by atoms with E-state index in [9.17, 15) is 8.42 Å². The Morgan fingerprint density at radius 2 is 1.86 bits per heavy atom. The van der Waals surface area contributed by atoms with Crippen LogP contribution in [0.25, 0.3) is 22.1 Å². The van der Waals surface area contributed by atoms with Gasteiger partial charge in [0.25, 0.3) is 10.0 Å². The zero-order valence-corrected chi connectivity index (χ0v) is 17.1. The smallest absolute Gasteiger partial charge is 0.269 e. The van der Waals surface area contributed by atoms with Crippen molar-refractivity contribution < 1.29 is 8.42 Å². The van der Waals surface area contributed by atoms with Crippen LogP contribution in [0.4, 0.5) is 0 Å². The lowest BCUT2D eigenvalue weighted by molar-refractivity contribution is 0.472. The van der Waals surface area contributed by atoms with Crippen LogP contribution in [0.15, 0.2) is 53.7 Å². The van der Waals surface area contributed by atoms with E-state index in [1.54, 1.807) is 42.7 Å². The first-order chi connectivity index (χ1) is 13.6. The van der Waals surface area contributed by atoms with E-state index < -0.39 is 10.0 Å². The number of hydrogen-bond acceptors (Lipinski definition) is 5. The molecule has 0 spiro atoms. The highest BCUT2D eigenvalue weighted by Crippen LogP contribution is 2.34. The first-order valence-electron chi connectivity index (χ1n) is 9.30. The van der Waals surface area contributed by atoms with Crippen LogP contribution in [0.5, 0.6) is 0 Å². The molecule has 4 aromatic rings. The van der Waals surface area contributed by atoms with Gasteiger partial charge in [-0.05, 0) is 49.5 Å². The molecule has 144 valence electrons. The van der Waals surface area contributed by atoms with Crippen LogP contribution in [-0.4, -0.2) is 38.4 Å². The van der Waals surface area contributed by atoms with Gasteiger partial charge in [0, 0.05) is 17.6 Å². The molecule has 8 heteroatoms. The molecule has 3 aromatic heterocycles. The second-order valence-electron chi connectivity index (χ2n) is 7.03. The second kappa shape index (κ2) is 6.63. The summed E-state index contributed by atoms with van der Waals surface area (Å²) in [7, 11) is -3.70. The van der Waals surface area contributed by atoms with Crippen LogP contribution in [-0.2, 0) is 10.0 Å². The van der Waals surface area contributed by atoms with Crippen molar-refractivity contribution in [3.8, 4) is 0 Å². The van der Waals surface area contributed by atoms with Gasteiger partial charge in [-0.2, -0.15) is 11.8 Å². The van der Waals surface area contributed by atoms with Gasteiger partial charge in [0.2, 0.25) is 0 Å². The Morgan fingerprint density at radius 3 is 2.61 bits per heavy atom. The van der Waals surface area contributed by atoms with Crippen molar-refractivity contribution in [2.75, 3.05) is 11.5 Å². The Labute approximate surface area is 167 Å². The molecule has 5 rings (SSSR count). The van der Waals surface area contributed by atoms with E-state index >= 15 is 0 Å². The van der Waals surface area contributed by atoms with Gasteiger partial charge in [0.1, 0.15) is 11.3 Å². The van der Waals surface area contributed by atoms with Crippen molar-refractivity contribution in [1.82, 2.24) is 18.5 Å². The Hall–Kier alpha value is -2.32. The number of rotatable bonds is 3. The van der Waals surface area contributed by atoms with E-state index in [-0.39, 0.29) is 4.90 Å². The van der Waals surface area contributed by atoms with Crippen molar-refractivity contribution >= 4 is 43.9 Å². The summed E-state index contributed by atoms with van der Waals surface area (Å²) >= 11 is 1.99. The molecule has 0 atom stereocenters. The molecular weight excluding hydrogens is 392 g/mol. The molecule has 0 amide bonds. The predicted octanol–water partition coefficient (Wildman–Crippen LogP) is 4.00. The summed E-state index contributed by atoms with van der Waals surface area (Å²) in [5.41, 5.74) is 2.25. The second-order valence-corrected chi connectivity index (χ2v) is 10.1. The molecule has 6 nitrogen and oxygen atoms in total. The summed E-state index contributed by atoms with van der Waals surface area (Å²) in [6, 6.07) is 10.7. The molecular formula is C20H20N4O2S2. The highest BCUT2D eigenvalue weighted by Gasteiger charge is 2.25. The Morgan fingerprint density at radius 1 is 1.11 bits per heavy atom. The summed E-state index contributed by atoms with van der Waals surface area (Å²) in [5, 5.41) is 0.829. The monoisotopic (exact) mass is 412 g/mol. The number of hydrogen-bond donors (Lipinski definition) is 0. The topological polar surface area (TPSA) is 69.8 Å². The zero-order chi connectivity index (χ0) is 19.3. The lowest BCUT2D eigenvalue weighted by Gasteiger charge is -2.24. The minimum Gasteiger partial charge on any atom is -0.324 e. The zero-order valence-electron chi connectivity index (χ0n) is 15.4. The summed E-state index contributed by atoms with van der Waals surface area (Å²) in [6.07, 6.45) is 5.49. The van der Waals surface area contributed by atoms with Gasteiger partial charge in [-0.1, -0.05) is 18.2 Å². The van der Waals surface area contributed by atoms with E-state index in [0.717, 1.165) is 46.6 Å². The third-order valence-corrected chi connectivity index (χ3v) is 8.09. The molecule has 0 aliphatic carbocycles. The van der Waals surface area contributed by atoms with E-state index in [0.29, 0.717) is 11.7 Å². The fourth-order valence-electron chi connectivity index (χ4n) is 4.05. The normalized spacial score (nSPS) is 16.2. The standard InChI is InChI=1S/C20H20N4O2S2/c1-14-22-18-13-21-20-17(19(18)24(14)15-8-11-27-12-9-15)7-10-23(20)28(25,26)16-5-3-2-4-6-16/h2-7,10,13,15H,8-9,11-12H2,1H3. The largest absolute Gasteiger partial charge is 0.324 e. The van der Waals surface area contributed by atoms with Gasteiger partial charge in [-0.3, -0.25) is 0 Å². The molecule has 0 saturated carbocycles. The Bertz CT molecular complexity index is 1270. The van der Waals surface area contributed by atoms with Crippen molar-refractivity contribution in [1.29, 1.82) is 0 Å². The van der Waals surface area contributed by atoms with Crippen LogP contribution >= 0.6 is 11.8 Å². The molecule has 0 N–H and O–H groups in total. The van der Waals surface area contributed by atoms with Gasteiger partial charge >= 0.3 is 0 Å². The summed E-state index contributed by atoms with van der Waals surface area (Å²) < 4.78 is 29.8. The number of imidazole rings is 1. The van der Waals surface area contributed by atoms with Crippen molar-refractivity contribution in [3.05, 3.63) is 54.6 Å². The number of fused-ring (bicyclic) bond motifs is 3. The summed E-state index contributed by atoms with van der Waals surface area (Å²) in [5.74, 6) is 3.24. The lowest BCUT2D eigenvalue weighted by atomic mass is 10.1. The molecule has 1 aliphatic heterocycles. The highest BCUT2D eigenvalue weighted by atomic mass is 32.2. The van der Waals surface area contributed by atoms with Crippen molar-refractivity contribution in [2.45, 2.75) is 30.7 Å². The number of aromatic nitrogens is 4. The molecule has 1 fully saturated rings. The highest BCUT2D eigenvalue weighted by molar-refractivity contribution is 7.99. The summed E-state index contributed by atoms with van der Waals surface area (Å²) in [4.78, 5) is 9.42. The van der Waals surface area contributed by atoms with Crippen LogP contribution in [0, 0.1) is 6.92 Å². The van der Waals surface area contributed by atoms with Gasteiger partial charge in [0.15, 0.2) is 5.65 Å². The number of aryl methyl sites for hydroxylation is 1. The molecule has 28 heavy (non-hydrogen) atoms. The number of pyridine rings is 1. The molecule has 4 heterocycles. The van der Waals surface area contributed by atoms with Crippen LogP contribution in [0.3, 0.4) is 0 Å². The van der Waals surface area contributed by atoms with Gasteiger partial charge in [0.05, 0.1) is 16.6 Å². The minimum atomic E-state index is -3.70. The fourth-order valence-corrected chi connectivity index (χ4v) is 6.46. The third kappa shape index (κ3) is 2.66. The van der Waals surface area contributed by atoms with Gasteiger partial charge in [-0.15, -0.1) is 0 Å². The van der Waals surface area contributed by atoms with Crippen LogP contribution in [0.1, 0.15) is 24.7 Å². The average molecular weight is 413 g/mol. The Kier molecular flexibility index (Phi) is 4.21. The molecule has 1 aromatic carbocycles. The molecule has 1 aliphatic rings. The SMILES string of the molecule is Cc1nc2cnc3c(ccn3S(=O)(=O)c3ccccc3)c2n1C1CCSCC1. The first-order valence-corrected chi connectivity index (χ1v) is 11.9. The van der Waals surface area contributed by atoms with Crippen LogP contribution in [0.2, 0.25) is 0 Å². The minimum absolute atomic E-state index is 0.253. The fraction of sp³-hybridized carbons (Fsp3) is 0.300. The van der Waals surface area contributed by atoms with Crippen molar-refractivity contribution in [2.24, 2.45) is 0 Å². The quantitative estimate of drug-likeness (QED) is 0.509. The van der Waals surface area contributed by atoms with E-state index in [4.69, 9.17) is 4.98 Å². The lowest BCUT2D eigenvalue weighted by Crippen LogP contribution is -2.16. The van der Waals surface area contributed by atoms with Gasteiger partial charge in [-0.25, -0.2) is 22.4 Å². The number of thioether (sulfide) groups is 1. The number of benzene rings is 1. The maximum Gasteiger partial charge on any atom is 0.269 e. The molecule has 1 saturated heterocycles. The van der Waals surface area contributed by atoms with Crippen molar-refractivity contribution in [3.63, 3.8) is 0 Å². The van der Waals surface area contributed by atoms with E-state index in [1.165, 1.54) is 3.97 Å². The van der Waals surface area contributed by atoms with Crippen LogP contribution < -0.4 is 0 Å². The first kappa shape index (κ1) is 17.8. The maximum atomic E-state index is 13.1. The molecule has 0 bridgehead atoms.